The molecule has 3 nitrogen and oxygen atoms in total. The van der Waals surface area contributed by atoms with Gasteiger partial charge >= 0.3 is 0 Å². The molecule has 0 amide bonds. The minimum absolute atomic E-state index is 0.0210. The largest absolute Gasteiger partial charge is 0.369 e. The van der Waals surface area contributed by atoms with E-state index in [9.17, 15) is 4.79 Å². The quantitative estimate of drug-likeness (QED) is 0.473. The van der Waals surface area contributed by atoms with E-state index >= 15 is 0 Å². The van der Waals surface area contributed by atoms with Gasteiger partial charge in [-0.2, -0.15) is 0 Å². The Balaban J connectivity index is 1.34. The van der Waals surface area contributed by atoms with Crippen molar-refractivity contribution in [2.45, 2.75) is 110 Å². The molecule has 3 heteroatoms. The Kier molecular flexibility index (Phi) is 4.75. The van der Waals surface area contributed by atoms with Crippen molar-refractivity contribution in [1.82, 2.24) is 5.32 Å². The Labute approximate surface area is 194 Å². The standard InChI is InChI=1S/C29H43NO2/c1-17-12-25-26(30-16-17)19(3)29(32-25)11-10-28(5)22-7-6-20-13-21(31)8-9-27(20,4)24(22)14-23(28)18(2)15-29/h13,17,19,22,24-26,30H,6-12,14-16H2,1-5H3/t17-,19+,22?,24-,25+,26-,27-,28?,29-/m0/s1. The van der Waals surface area contributed by atoms with E-state index in [-0.39, 0.29) is 11.0 Å². The van der Waals surface area contributed by atoms with Gasteiger partial charge in [-0.25, -0.2) is 0 Å². The predicted octanol–water partition coefficient (Wildman–Crippen LogP) is 5.99. The van der Waals surface area contributed by atoms with Gasteiger partial charge in [0.25, 0.3) is 0 Å². The SMILES string of the molecule is CC1=C2C[C@H]3C(CCC4=CC(=O)CC[C@@]43C)C2(C)CC[C@@]2(C1)O[C@@H]1C[C@H](C)CN[C@H]1[C@H]2C. The first-order valence-corrected chi connectivity index (χ1v) is 13.5. The number of ketones is 1. The van der Waals surface area contributed by atoms with Gasteiger partial charge in [0.15, 0.2) is 5.78 Å². The molecule has 1 N–H and O–H groups in total. The van der Waals surface area contributed by atoms with Crippen molar-refractivity contribution in [2.24, 2.45) is 34.5 Å². The zero-order valence-electron chi connectivity index (χ0n) is 20.9. The number of carbonyl (C=O) groups is 1. The van der Waals surface area contributed by atoms with Crippen molar-refractivity contribution < 1.29 is 9.53 Å². The van der Waals surface area contributed by atoms with Gasteiger partial charge < -0.3 is 10.1 Å². The number of rotatable bonds is 0. The molecule has 4 aliphatic carbocycles. The molecule has 2 unspecified atom stereocenters. The van der Waals surface area contributed by atoms with Crippen molar-refractivity contribution in [3.05, 3.63) is 22.8 Å². The van der Waals surface area contributed by atoms with Crippen LogP contribution in [0, 0.1) is 34.5 Å². The highest BCUT2D eigenvalue weighted by atomic mass is 16.5. The van der Waals surface area contributed by atoms with Crippen molar-refractivity contribution in [1.29, 1.82) is 0 Å². The third-order valence-electron chi connectivity index (χ3n) is 11.6. The molecule has 2 saturated heterocycles. The van der Waals surface area contributed by atoms with Crippen LogP contribution in [0.15, 0.2) is 22.8 Å². The summed E-state index contributed by atoms with van der Waals surface area (Å²) in [5.74, 6) is 3.13. The highest BCUT2D eigenvalue weighted by Crippen LogP contribution is 2.68. The van der Waals surface area contributed by atoms with Gasteiger partial charge in [0, 0.05) is 18.4 Å². The molecule has 1 spiro atoms. The average Bonchev–Trinajstić information content (AvgIpc) is 3.16. The van der Waals surface area contributed by atoms with Gasteiger partial charge in [-0.3, -0.25) is 4.79 Å². The van der Waals surface area contributed by atoms with E-state index in [2.05, 4.69) is 39.9 Å². The summed E-state index contributed by atoms with van der Waals surface area (Å²) in [5, 5.41) is 3.86. The van der Waals surface area contributed by atoms with E-state index < -0.39 is 0 Å². The Morgan fingerprint density at radius 3 is 2.69 bits per heavy atom. The number of ether oxygens (including phenoxy) is 1. The number of nitrogens with one attached hydrogen (secondary N) is 1. The maximum atomic E-state index is 12.2. The maximum Gasteiger partial charge on any atom is 0.155 e. The Morgan fingerprint density at radius 1 is 1.06 bits per heavy atom. The van der Waals surface area contributed by atoms with E-state index in [1.165, 1.54) is 37.7 Å². The van der Waals surface area contributed by atoms with Crippen LogP contribution in [0.2, 0.25) is 0 Å². The lowest BCUT2D eigenvalue weighted by Gasteiger charge is -2.50. The first kappa shape index (κ1) is 21.6. The van der Waals surface area contributed by atoms with Crippen LogP contribution < -0.4 is 5.32 Å². The van der Waals surface area contributed by atoms with Gasteiger partial charge in [0.05, 0.1) is 11.7 Å². The molecule has 0 radical (unpaired) electrons. The molecule has 0 aromatic heterocycles. The summed E-state index contributed by atoms with van der Waals surface area (Å²) in [6.07, 6.45) is 12.7. The van der Waals surface area contributed by atoms with Crippen LogP contribution in [0.1, 0.15) is 92.4 Å². The Morgan fingerprint density at radius 2 is 1.88 bits per heavy atom. The Bertz CT molecular complexity index is 903. The lowest BCUT2D eigenvalue weighted by molar-refractivity contribution is -0.116. The normalized spacial score (nSPS) is 52.8. The van der Waals surface area contributed by atoms with Gasteiger partial charge in [-0.1, -0.05) is 44.4 Å². The fourth-order valence-electron chi connectivity index (χ4n) is 9.57. The van der Waals surface area contributed by atoms with E-state index in [1.807, 2.05) is 6.08 Å². The molecule has 32 heavy (non-hydrogen) atoms. The lowest BCUT2D eigenvalue weighted by atomic mass is 9.54. The first-order chi connectivity index (χ1) is 15.2. The molecule has 0 aromatic rings. The summed E-state index contributed by atoms with van der Waals surface area (Å²) in [6.45, 7) is 13.5. The summed E-state index contributed by atoms with van der Waals surface area (Å²) in [7, 11) is 0. The van der Waals surface area contributed by atoms with Gasteiger partial charge in [-0.15, -0.1) is 0 Å². The molecule has 2 heterocycles. The van der Waals surface area contributed by atoms with Gasteiger partial charge in [0.2, 0.25) is 0 Å². The second-order valence-corrected chi connectivity index (χ2v) is 13.1. The lowest BCUT2D eigenvalue weighted by Crippen LogP contribution is -2.48. The number of hydrogen-bond acceptors (Lipinski definition) is 3. The molecule has 0 bridgehead atoms. The first-order valence-electron chi connectivity index (χ1n) is 13.5. The van der Waals surface area contributed by atoms with Crippen LogP contribution in [0.5, 0.6) is 0 Å². The fraction of sp³-hybridized carbons (Fsp3) is 0.828. The van der Waals surface area contributed by atoms with Gasteiger partial charge in [0.1, 0.15) is 0 Å². The molecule has 6 aliphatic rings. The molecule has 4 fully saturated rings. The number of carbonyl (C=O) groups excluding carboxylic acids is 1. The van der Waals surface area contributed by atoms with Crippen LogP contribution in [0.4, 0.5) is 0 Å². The molecule has 2 aliphatic heterocycles. The van der Waals surface area contributed by atoms with Crippen LogP contribution in [-0.4, -0.2) is 30.1 Å². The number of fused-ring (bicyclic) bond motifs is 6. The van der Waals surface area contributed by atoms with Crippen molar-refractivity contribution in [2.75, 3.05) is 6.54 Å². The number of piperidine rings is 1. The van der Waals surface area contributed by atoms with E-state index in [1.54, 1.807) is 11.1 Å². The molecule has 176 valence electrons. The number of hydrogen-bond donors (Lipinski definition) is 1. The molecule has 6 rings (SSSR count). The third kappa shape index (κ3) is 2.82. The zero-order valence-corrected chi connectivity index (χ0v) is 20.9. The fourth-order valence-corrected chi connectivity index (χ4v) is 9.57. The smallest absolute Gasteiger partial charge is 0.155 e. The molecule has 9 atom stereocenters. The zero-order chi connectivity index (χ0) is 22.5. The van der Waals surface area contributed by atoms with Crippen molar-refractivity contribution in [3.8, 4) is 0 Å². The van der Waals surface area contributed by atoms with Crippen LogP contribution in [-0.2, 0) is 9.53 Å². The molecule has 2 saturated carbocycles. The molecule has 0 aromatic carbocycles. The summed E-state index contributed by atoms with van der Waals surface area (Å²) >= 11 is 0. The minimum atomic E-state index is 0.0210. The van der Waals surface area contributed by atoms with Crippen LogP contribution in [0.3, 0.4) is 0 Å². The summed E-state index contributed by atoms with van der Waals surface area (Å²) in [5.41, 5.74) is 5.46. The maximum absolute atomic E-state index is 12.2. The summed E-state index contributed by atoms with van der Waals surface area (Å²) in [4.78, 5) is 12.2. The topological polar surface area (TPSA) is 38.3 Å². The second-order valence-electron chi connectivity index (χ2n) is 13.1. The minimum Gasteiger partial charge on any atom is -0.369 e. The highest BCUT2D eigenvalue weighted by Gasteiger charge is 2.61. The highest BCUT2D eigenvalue weighted by molar-refractivity contribution is 5.91. The van der Waals surface area contributed by atoms with Crippen LogP contribution >= 0.6 is 0 Å². The van der Waals surface area contributed by atoms with E-state index in [0.717, 1.165) is 38.1 Å². The molecular formula is C29H43NO2. The van der Waals surface area contributed by atoms with Crippen molar-refractivity contribution >= 4 is 5.78 Å². The van der Waals surface area contributed by atoms with E-state index in [0.29, 0.717) is 41.1 Å². The van der Waals surface area contributed by atoms with Gasteiger partial charge in [-0.05, 0) is 99.5 Å². The predicted molar refractivity (Wildman–Crippen MR) is 128 cm³/mol. The second kappa shape index (κ2) is 7.04. The Hall–Kier alpha value is -0.930. The third-order valence-corrected chi connectivity index (χ3v) is 11.6. The number of allylic oxidation sites excluding steroid dienone is 3. The van der Waals surface area contributed by atoms with E-state index in [4.69, 9.17) is 4.74 Å². The summed E-state index contributed by atoms with van der Waals surface area (Å²) < 4.78 is 7.05. The molecular weight excluding hydrogens is 394 g/mol. The summed E-state index contributed by atoms with van der Waals surface area (Å²) in [6, 6.07) is 0.531. The van der Waals surface area contributed by atoms with Crippen LogP contribution in [0.25, 0.3) is 0 Å². The van der Waals surface area contributed by atoms with Crippen molar-refractivity contribution in [3.63, 3.8) is 0 Å². The monoisotopic (exact) mass is 437 g/mol. The average molecular weight is 438 g/mol.